The summed E-state index contributed by atoms with van der Waals surface area (Å²) in [6.45, 7) is 3.33. The van der Waals surface area contributed by atoms with E-state index in [2.05, 4.69) is 79.1 Å². The summed E-state index contributed by atoms with van der Waals surface area (Å²) in [5.41, 5.74) is 0. The van der Waals surface area contributed by atoms with Gasteiger partial charge in [-0.15, -0.1) is 0 Å². The van der Waals surface area contributed by atoms with Crippen LogP contribution < -0.4 is 0 Å². The van der Waals surface area contributed by atoms with Crippen LogP contribution in [0.1, 0.15) is 123 Å². The largest absolute Gasteiger partial charge is 0.469 e. The van der Waals surface area contributed by atoms with Crippen molar-refractivity contribution >= 4 is 19.8 Å². The van der Waals surface area contributed by atoms with Crippen molar-refractivity contribution in [2.45, 2.75) is 135 Å². The SMILES string of the molecule is CC/C=C\C/C=C\CC(O)/C=C/C=C\C/C=C\CCCC(=O)O[C@H](COC(=O)CC/C=C\C/C=C\C/C=C\C/C=C\C/C=C\CCCCC)COP(=O)(O)O. The van der Waals surface area contributed by atoms with Crippen LogP contribution in [0.5, 0.6) is 0 Å². The normalized spacial score (nSPS) is 14.3. The molecule has 0 aliphatic heterocycles. The average Bonchev–Trinajstić information content (AvgIpc) is 3.15. The van der Waals surface area contributed by atoms with Crippen LogP contribution in [-0.2, 0) is 28.2 Å². The van der Waals surface area contributed by atoms with Crippen LogP contribution >= 0.6 is 7.82 Å². The molecule has 2 atom stereocenters. The second-order valence-electron chi connectivity index (χ2n) is 12.7. The van der Waals surface area contributed by atoms with Crippen molar-refractivity contribution in [2.24, 2.45) is 0 Å². The van der Waals surface area contributed by atoms with E-state index in [9.17, 15) is 19.3 Å². The number of carbonyl (C=O) groups excluding carboxylic acids is 2. The van der Waals surface area contributed by atoms with E-state index in [1.54, 1.807) is 6.08 Å². The van der Waals surface area contributed by atoms with E-state index in [4.69, 9.17) is 19.3 Å². The Morgan fingerprint density at radius 1 is 0.582 bits per heavy atom. The molecular formula is C45H69O9P. The predicted molar refractivity (Wildman–Crippen MR) is 226 cm³/mol. The molecule has 0 aliphatic carbocycles. The van der Waals surface area contributed by atoms with Gasteiger partial charge in [-0.1, -0.05) is 148 Å². The van der Waals surface area contributed by atoms with E-state index < -0.39 is 38.6 Å². The second kappa shape index (κ2) is 38.7. The molecule has 0 spiro atoms. The van der Waals surface area contributed by atoms with Crippen molar-refractivity contribution in [2.75, 3.05) is 13.2 Å². The van der Waals surface area contributed by atoms with Crippen molar-refractivity contribution in [3.05, 3.63) is 122 Å². The molecule has 0 saturated heterocycles. The van der Waals surface area contributed by atoms with Crippen LogP contribution in [0.15, 0.2) is 122 Å². The number of aliphatic hydroxyl groups is 1. The molecule has 55 heavy (non-hydrogen) atoms. The van der Waals surface area contributed by atoms with E-state index >= 15 is 0 Å². The van der Waals surface area contributed by atoms with Crippen LogP contribution in [0.2, 0.25) is 0 Å². The molecule has 3 N–H and O–H groups in total. The summed E-state index contributed by atoms with van der Waals surface area (Å²) >= 11 is 0. The molecule has 0 aromatic heterocycles. The van der Waals surface area contributed by atoms with Crippen LogP contribution in [0, 0.1) is 0 Å². The second-order valence-corrected chi connectivity index (χ2v) is 14.0. The molecule has 0 rings (SSSR count). The molecule has 0 heterocycles. The summed E-state index contributed by atoms with van der Waals surface area (Å²) in [7, 11) is -4.81. The van der Waals surface area contributed by atoms with Crippen molar-refractivity contribution in [1.29, 1.82) is 0 Å². The van der Waals surface area contributed by atoms with Crippen molar-refractivity contribution in [3.63, 3.8) is 0 Å². The van der Waals surface area contributed by atoms with Gasteiger partial charge in [0, 0.05) is 12.8 Å². The maximum Gasteiger partial charge on any atom is 0.469 e. The molecule has 0 radical (unpaired) electrons. The number of phosphoric acid groups is 1. The molecule has 10 heteroatoms. The van der Waals surface area contributed by atoms with Crippen LogP contribution in [0.3, 0.4) is 0 Å². The average molecular weight is 785 g/mol. The highest BCUT2D eigenvalue weighted by molar-refractivity contribution is 7.46. The zero-order valence-electron chi connectivity index (χ0n) is 33.4. The van der Waals surface area contributed by atoms with Gasteiger partial charge in [0.2, 0.25) is 0 Å². The lowest BCUT2D eigenvalue weighted by Gasteiger charge is -2.18. The maximum atomic E-state index is 12.4. The minimum Gasteiger partial charge on any atom is -0.462 e. The fourth-order valence-corrected chi connectivity index (χ4v) is 4.95. The van der Waals surface area contributed by atoms with E-state index in [1.807, 2.05) is 54.7 Å². The zero-order valence-corrected chi connectivity index (χ0v) is 34.3. The van der Waals surface area contributed by atoms with Gasteiger partial charge < -0.3 is 24.4 Å². The van der Waals surface area contributed by atoms with Gasteiger partial charge in [-0.25, -0.2) is 4.57 Å². The number of hydrogen-bond acceptors (Lipinski definition) is 7. The van der Waals surface area contributed by atoms with Gasteiger partial charge in [0.25, 0.3) is 0 Å². The number of carbonyl (C=O) groups is 2. The first-order valence-electron chi connectivity index (χ1n) is 19.9. The lowest BCUT2D eigenvalue weighted by atomic mass is 10.2. The van der Waals surface area contributed by atoms with Crippen LogP contribution in [0.25, 0.3) is 0 Å². The fraction of sp³-hybridized carbons (Fsp3) is 0.511. The highest BCUT2D eigenvalue weighted by Gasteiger charge is 2.22. The number of allylic oxidation sites excluding steroid dienone is 18. The molecule has 0 fully saturated rings. The Morgan fingerprint density at radius 3 is 1.69 bits per heavy atom. The zero-order chi connectivity index (χ0) is 40.5. The molecule has 9 nitrogen and oxygen atoms in total. The minimum absolute atomic E-state index is 0.0781. The topological polar surface area (TPSA) is 140 Å². The summed E-state index contributed by atoms with van der Waals surface area (Å²) in [5, 5.41) is 9.98. The molecule has 0 aromatic carbocycles. The first-order chi connectivity index (χ1) is 26.7. The van der Waals surface area contributed by atoms with Gasteiger partial charge >= 0.3 is 19.8 Å². The number of ether oxygens (including phenoxy) is 2. The molecule has 0 bridgehead atoms. The molecule has 1 unspecified atom stereocenters. The molecule has 0 amide bonds. The van der Waals surface area contributed by atoms with Crippen molar-refractivity contribution in [3.8, 4) is 0 Å². The number of phosphoric ester groups is 1. The lowest BCUT2D eigenvalue weighted by molar-refractivity contribution is -0.161. The van der Waals surface area contributed by atoms with E-state index in [0.29, 0.717) is 32.1 Å². The summed E-state index contributed by atoms with van der Waals surface area (Å²) in [6, 6.07) is 0. The standard InChI is InChI=1S/C45H69O9P/c1-3-5-7-9-11-12-13-14-15-16-17-18-19-20-21-22-26-30-34-38-44(47)52-40-43(41-53-55(49,50)51)54-45(48)39-35-31-27-24-23-25-29-33-37-42(46)36-32-28-10-8-6-4-2/h6,8,11-12,14-15,17-18,20-21,24-30,32-33,37,42-43,46H,3-5,7,9-10,13,16,19,22-23,31,34-36,38-41H2,1-2H3,(H2,49,50,51)/b8-6-,12-11-,15-14-,18-17-,21-20-,27-24-,29-25-,30-26-,32-28-,37-33+/t42?,43-/m1/s1. The van der Waals surface area contributed by atoms with E-state index in [0.717, 1.165) is 38.5 Å². The third-order valence-electron chi connectivity index (χ3n) is 7.56. The maximum absolute atomic E-state index is 12.4. The van der Waals surface area contributed by atoms with Crippen LogP contribution in [0.4, 0.5) is 0 Å². The first kappa shape index (κ1) is 51.4. The third-order valence-corrected chi connectivity index (χ3v) is 8.04. The summed E-state index contributed by atoms with van der Waals surface area (Å²) < 4.78 is 26.2. The van der Waals surface area contributed by atoms with Crippen LogP contribution in [-0.4, -0.2) is 52.3 Å². The Kier molecular flexibility index (Phi) is 36.2. The Balaban J connectivity index is 4.27. The number of hydrogen-bond donors (Lipinski definition) is 3. The van der Waals surface area contributed by atoms with Gasteiger partial charge in [0.1, 0.15) is 6.61 Å². The van der Waals surface area contributed by atoms with Gasteiger partial charge in [0.05, 0.1) is 12.7 Å². The molecule has 0 aromatic rings. The summed E-state index contributed by atoms with van der Waals surface area (Å²) in [6.07, 6.45) is 52.5. The summed E-state index contributed by atoms with van der Waals surface area (Å²) in [4.78, 5) is 42.7. The molecule has 0 saturated carbocycles. The van der Waals surface area contributed by atoms with E-state index in [1.165, 1.54) is 25.7 Å². The summed E-state index contributed by atoms with van der Waals surface area (Å²) in [5.74, 6) is -1.10. The van der Waals surface area contributed by atoms with Crippen molar-refractivity contribution in [1.82, 2.24) is 0 Å². The lowest BCUT2D eigenvalue weighted by Crippen LogP contribution is -2.29. The van der Waals surface area contributed by atoms with Gasteiger partial charge in [-0.3, -0.25) is 14.1 Å². The van der Waals surface area contributed by atoms with Gasteiger partial charge in [-0.05, 0) is 83.5 Å². The number of unbranched alkanes of at least 4 members (excludes halogenated alkanes) is 4. The quantitative estimate of drug-likeness (QED) is 0.0191. The van der Waals surface area contributed by atoms with Gasteiger partial charge in [0.15, 0.2) is 6.10 Å². The molecule has 0 aliphatic rings. The first-order valence-corrected chi connectivity index (χ1v) is 21.5. The highest BCUT2D eigenvalue weighted by Crippen LogP contribution is 2.35. The van der Waals surface area contributed by atoms with Gasteiger partial charge in [-0.2, -0.15) is 0 Å². The Hall–Kier alpha value is -3.59. The Morgan fingerprint density at radius 2 is 1.11 bits per heavy atom. The van der Waals surface area contributed by atoms with Crippen molar-refractivity contribution < 1.29 is 43.0 Å². The minimum atomic E-state index is -4.81. The number of aliphatic hydroxyl groups excluding tert-OH is 1. The molecular weight excluding hydrogens is 715 g/mol. The predicted octanol–water partition coefficient (Wildman–Crippen LogP) is 11.1. The molecule has 308 valence electrons. The number of esters is 2. The Labute approximate surface area is 331 Å². The Bertz CT molecular complexity index is 1310. The van der Waals surface area contributed by atoms with E-state index in [-0.39, 0.29) is 19.4 Å². The highest BCUT2D eigenvalue weighted by atomic mass is 31.2. The third kappa shape index (κ3) is 41.4. The smallest absolute Gasteiger partial charge is 0.462 e. The fourth-order valence-electron chi connectivity index (χ4n) is 4.59. The number of rotatable bonds is 34. The monoisotopic (exact) mass is 784 g/mol.